The van der Waals surface area contributed by atoms with Crippen LogP contribution < -0.4 is 0 Å². The summed E-state index contributed by atoms with van der Waals surface area (Å²) in [5, 5.41) is 5.00. The number of hydrogen-bond acceptors (Lipinski definition) is 3. The average molecular weight is 333 g/mol. The smallest absolute Gasteiger partial charge is 0.274 e. The number of nitrogens with zero attached hydrogens (tertiary/aromatic N) is 4. The number of amides is 2. The van der Waals surface area contributed by atoms with Crippen LogP contribution in [0.15, 0.2) is 30.3 Å². The monoisotopic (exact) mass is 332 g/mol. The zero-order valence-corrected chi connectivity index (χ0v) is 13.5. The molecule has 0 atom stereocenters. The molecular weight excluding hydrogens is 316 g/mol. The number of aromatic nitrogens is 2. The van der Waals surface area contributed by atoms with Crippen LogP contribution in [0.4, 0.5) is 0 Å². The zero-order valence-electron chi connectivity index (χ0n) is 12.8. The van der Waals surface area contributed by atoms with Crippen LogP contribution in [0.5, 0.6) is 0 Å². The van der Waals surface area contributed by atoms with Crippen LogP contribution in [0.1, 0.15) is 10.5 Å². The zero-order chi connectivity index (χ0) is 16.4. The lowest BCUT2D eigenvalue weighted by Gasteiger charge is -2.32. The van der Waals surface area contributed by atoms with E-state index in [1.165, 1.54) is 0 Å². The minimum absolute atomic E-state index is 0.105. The molecule has 120 valence electrons. The molecule has 1 aromatic carbocycles. The van der Waals surface area contributed by atoms with Gasteiger partial charge in [-0.2, -0.15) is 5.10 Å². The Morgan fingerprint density at radius 2 is 1.83 bits per heavy atom. The highest BCUT2D eigenvalue weighted by molar-refractivity contribution is 6.30. The van der Waals surface area contributed by atoms with Crippen LogP contribution in [0.3, 0.4) is 0 Å². The first kappa shape index (κ1) is 15.6. The molecule has 1 aliphatic heterocycles. The van der Waals surface area contributed by atoms with Gasteiger partial charge in [-0.15, -0.1) is 0 Å². The maximum Gasteiger partial charge on any atom is 0.274 e. The van der Waals surface area contributed by atoms with Gasteiger partial charge in [0.25, 0.3) is 5.91 Å². The largest absolute Gasteiger partial charge is 0.342 e. The Balaban J connectivity index is 1.79. The van der Waals surface area contributed by atoms with Crippen molar-refractivity contribution in [1.29, 1.82) is 0 Å². The molecule has 1 saturated heterocycles. The Hall–Kier alpha value is -2.34. The Kier molecular flexibility index (Phi) is 4.34. The third-order valence-corrected chi connectivity index (χ3v) is 4.24. The quantitative estimate of drug-likeness (QED) is 0.803. The van der Waals surface area contributed by atoms with E-state index in [0.717, 1.165) is 17.7 Å². The van der Waals surface area contributed by atoms with Crippen LogP contribution in [-0.4, -0.2) is 58.1 Å². The van der Waals surface area contributed by atoms with Crippen molar-refractivity contribution in [2.45, 2.75) is 0 Å². The molecule has 1 aliphatic rings. The minimum Gasteiger partial charge on any atom is -0.342 e. The molecule has 2 aromatic rings. The van der Waals surface area contributed by atoms with Crippen LogP contribution in [0, 0.1) is 0 Å². The highest BCUT2D eigenvalue weighted by atomic mass is 35.5. The third kappa shape index (κ3) is 3.22. The first-order valence-corrected chi connectivity index (χ1v) is 7.75. The van der Waals surface area contributed by atoms with E-state index in [2.05, 4.69) is 5.10 Å². The Labute approximate surface area is 139 Å². The Morgan fingerprint density at radius 1 is 1.17 bits per heavy atom. The second-order valence-electron chi connectivity index (χ2n) is 5.48. The van der Waals surface area contributed by atoms with Crippen molar-refractivity contribution in [1.82, 2.24) is 19.6 Å². The van der Waals surface area contributed by atoms with Gasteiger partial charge in [-0.3, -0.25) is 14.3 Å². The summed E-state index contributed by atoms with van der Waals surface area (Å²) in [6.45, 7) is 2.19. The van der Waals surface area contributed by atoms with Gasteiger partial charge in [-0.25, -0.2) is 0 Å². The predicted molar refractivity (Wildman–Crippen MR) is 87.2 cm³/mol. The summed E-state index contributed by atoms with van der Waals surface area (Å²) in [6.07, 6.45) is 0.821. The molecule has 1 aromatic heterocycles. The van der Waals surface area contributed by atoms with Crippen LogP contribution in [0.2, 0.25) is 5.02 Å². The summed E-state index contributed by atoms with van der Waals surface area (Å²) in [5.41, 5.74) is 2.22. The Bertz CT molecular complexity index is 718. The van der Waals surface area contributed by atoms with Crippen molar-refractivity contribution in [3.05, 3.63) is 41.0 Å². The normalized spacial score (nSPS) is 14.9. The lowest BCUT2D eigenvalue weighted by molar-refractivity contribution is -0.119. The number of carbonyl (C=O) groups is 2. The van der Waals surface area contributed by atoms with Gasteiger partial charge in [-0.05, 0) is 23.8 Å². The number of piperazine rings is 1. The van der Waals surface area contributed by atoms with E-state index in [1.807, 2.05) is 31.3 Å². The van der Waals surface area contributed by atoms with Gasteiger partial charge >= 0.3 is 0 Å². The number of carbonyl (C=O) groups excluding carboxylic acids is 2. The molecule has 7 heteroatoms. The van der Waals surface area contributed by atoms with Gasteiger partial charge in [0.1, 0.15) is 0 Å². The van der Waals surface area contributed by atoms with E-state index in [4.69, 9.17) is 11.6 Å². The SMILES string of the molecule is Cn1nc(C(=O)N2CCN(C=O)CC2)cc1-c1ccc(Cl)cc1. The van der Waals surface area contributed by atoms with E-state index < -0.39 is 0 Å². The summed E-state index contributed by atoms with van der Waals surface area (Å²) < 4.78 is 1.69. The van der Waals surface area contributed by atoms with Gasteiger partial charge in [0.2, 0.25) is 6.41 Å². The molecule has 23 heavy (non-hydrogen) atoms. The van der Waals surface area contributed by atoms with Gasteiger partial charge in [0, 0.05) is 38.2 Å². The molecule has 0 aliphatic carbocycles. The topological polar surface area (TPSA) is 58.4 Å². The highest BCUT2D eigenvalue weighted by Gasteiger charge is 2.24. The maximum atomic E-state index is 12.6. The van der Waals surface area contributed by atoms with Crippen molar-refractivity contribution in [3.8, 4) is 11.3 Å². The third-order valence-electron chi connectivity index (χ3n) is 3.99. The fourth-order valence-electron chi connectivity index (χ4n) is 2.66. The van der Waals surface area contributed by atoms with E-state index >= 15 is 0 Å². The molecule has 6 nitrogen and oxygen atoms in total. The fourth-order valence-corrected chi connectivity index (χ4v) is 2.78. The van der Waals surface area contributed by atoms with Gasteiger partial charge in [-0.1, -0.05) is 23.7 Å². The van der Waals surface area contributed by atoms with Gasteiger partial charge < -0.3 is 9.80 Å². The van der Waals surface area contributed by atoms with Crippen LogP contribution >= 0.6 is 11.6 Å². The molecule has 2 heterocycles. The highest BCUT2D eigenvalue weighted by Crippen LogP contribution is 2.22. The summed E-state index contributed by atoms with van der Waals surface area (Å²) >= 11 is 5.91. The Morgan fingerprint density at radius 3 is 2.43 bits per heavy atom. The van der Waals surface area contributed by atoms with Crippen molar-refractivity contribution < 1.29 is 9.59 Å². The number of hydrogen-bond donors (Lipinski definition) is 0. The molecule has 3 rings (SSSR count). The first-order valence-electron chi connectivity index (χ1n) is 7.37. The average Bonchev–Trinajstić information content (AvgIpc) is 2.97. The van der Waals surface area contributed by atoms with E-state index in [-0.39, 0.29) is 5.91 Å². The summed E-state index contributed by atoms with van der Waals surface area (Å²) in [6, 6.07) is 9.21. The molecule has 2 amide bonds. The lowest BCUT2D eigenvalue weighted by atomic mass is 10.1. The van der Waals surface area contributed by atoms with Crippen molar-refractivity contribution >= 4 is 23.9 Å². The van der Waals surface area contributed by atoms with E-state index in [0.29, 0.717) is 36.9 Å². The predicted octanol–water partition coefficient (Wildman–Crippen LogP) is 1.65. The standard InChI is InChI=1S/C16H17ClN4O2/c1-19-15(12-2-4-13(17)5-3-12)10-14(18-19)16(23)21-8-6-20(11-22)7-9-21/h2-5,10-11H,6-9H2,1H3. The first-order chi connectivity index (χ1) is 11.1. The summed E-state index contributed by atoms with van der Waals surface area (Å²) in [5.74, 6) is -0.105. The van der Waals surface area contributed by atoms with E-state index in [9.17, 15) is 9.59 Å². The number of rotatable bonds is 3. The van der Waals surface area contributed by atoms with Crippen LogP contribution in [0.25, 0.3) is 11.3 Å². The van der Waals surface area contributed by atoms with E-state index in [1.54, 1.807) is 20.5 Å². The second-order valence-corrected chi connectivity index (χ2v) is 5.92. The minimum atomic E-state index is -0.105. The maximum absolute atomic E-state index is 12.6. The molecule has 0 bridgehead atoms. The molecule has 0 saturated carbocycles. The summed E-state index contributed by atoms with van der Waals surface area (Å²) in [4.78, 5) is 26.7. The van der Waals surface area contributed by atoms with Gasteiger partial charge in [0.15, 0.2) is 5.69 Å². The second kappa shape index (κ2) is 6.42. The lowest BCUT2D eigenvalue weighted by Crippen LogP contribution is -2.48. The van der Waals surface area contributed by atoms with Gasteiger partial charge in [0.05, 0.1) is 5.69 Å². The number of benzene rings is 1. The molecular formula is C16H17ClN4O2. The number of halogens is 1. The molecule has 0 radical (unpaired) electrons. The molecule has 0 spiro atoms. The summed E-state index contributed by atoms with van der Waals surface area (Å²) in [7, 11) is 1.81. The molecule has 0 N–H and O–H groups in total. The fraction of sp³-hybridized carbons (Fsp3) is 0.312. The number of aryl methyl sites for hydroxylation is 1. The van der Waals surface area contributed by atoms with Crippen molar-refractivity contribution in [3.63, 3.8) is 0 Å². The van der Waals surface area contributed by atoms with Crippen molar-refractivity contribution in [2.75, 3.05) is 26.2 Å². The molecule has 0 unspecified atom stereocenters. The van der Waals surface area contributed by atoms with Crippen LogP contribution in [-0.2, 0) is 11.8 Å². The molecule has 1 fully saturated rings. The van der Waals surface area contributed by atoms with Crippen molar-refractivity contribution in [2.24, 2.45) is 7.05 Å².